The Labute approximate surface area is 109 Å². The van der Waals surface area contributed by atoms with E-state index < -0.39 is 0 Å². The number of hydrogen-bond acceptors (Lipinski definition) is 0. The second-order valence-corrected chi connectivity index (χ2v) is 4.55. The Bertz CT molecular complexity index is 560. The summed E-state index contributed by atoms with van der Waals surface area (Å²) in [6.45, 7) is 4.24. The lowest BCUT2D eigenvalue weighted by Crippen LogP contribution is -1.76. The first-order valence-corrected chi connectivity index (χ1v) is 6.22. The van der Waals surface area contributed by atoms with E-state index >= 15 is 0 Å². The monoisotopic (exact) mass is 234 g/mol. The second kappa shape index (κ2) is 6.02. The van der Waals surface area contributed by atoms with Crippen molar-refractivity contribution in [2.45, 2.75) is 13.8 Å². The van der Waals surface area contributed by atoms with Crippen LogP contribution in [0.15, 0.2) is 66.2 Å². The molecular weight excluding hydrogens is 216 g/mol. The minimum absolute atomic E-state index is 1.24. The van der Waals surface area contributed by atoms with E-state index in [4.69, 9.17) is 0 Å². The summed E-state index contributed by atoms with van der Waals surface area (Å²) in [6.07, 6.45) is 6.50. The van der Waals surface area contributed by atoms with Crippen molar-refractivity contribution in [2.24, 2.45) is 0 Å². The molecule has 0 aliphatic heterocycles. The largest absolute Gasteiger partial charge is 0.0622 e. The van der Waals surface area contributed by atoms with Crippen LogP contribution in [0.4, 0.5) is 0 Å². The Kier molecular flexibility index (Phi) is 4.14. The highest BCUT2D eigenvalue weighted by molar-refractivity contribution is 5.61. The van der Waals surface area contributed by atoms with Gasteiger partial charge in [0, 0.05) is 0 Å². The van der Waals surface area contributed by atoms with Crippen molar-refractivity contribution in [1.29, 1.82) is 0 Å². The van der Waals surface area contributed by atoms with E-state index in [0.717, 1.165) is 0 Å². The van der Waals surface area contributed by atoms with E-state index in [9.17, 15) is 0 Å². The molecule has 0 fully saturated rings. The van der Waals surface area contributed by atoms with Gasteiger partial charge in [0.05, 0.1) is 0 Å². The maximum atomic E-state index is 2.19. The van der Waals surface area contributed by atoms with Gasteiger partial charge in [0.25, 0.3) is 0 Å². The SMILES string of the molecule is CC(C=Cc1cccc(C)c1)=Cc1ccccc1. The maximum Gasteiger partial charge on any atom is -0.0254 e. The summed E-state index contributed by atoms with van der Waals surface area (Å²) in [5.41, 5.74) is 5.03. The summed E-state index contributed by atoms with van der Waals surface area (Å²) in [4.78, 5) is 0. The molecule has 2 aromatic rings. The third-order valence-electron chi connectivity index (χ3n) is 2.77. The number of rotatable bonds is 3. The van der Waals surface area contributed by atoms with Crippen molar-refractivity contribution in [2.75, 3.05) is 0 Å². The number of hydrogen-bond donors (Lipinski definition) is 0. The zero-order valence-corrected chi connectivity index (χ0v) is 10.9. The van der Waals surface area contributed by atoms with Crippen molar-refractivity contribution in [3.63, 3.8) is 0 Å². The summed E-state index contributed by atoms with van der Waals surface area (Å²) >= 11 is 0. The van der Waals surface area contributed by atoms with Crippen LogP contribution in [0.1, 0.15) is 23.6 Å². The van der Waals surface area contributed by atoms with Crippen molar-refractivity contribution in [3.8, 4) is 0 Å². The van der Waals surface area contributed by atoms with Crippen LogP contribution in [0.25, 0.3) is 12.2 Å². The van der Waals surface area contributed by atoms with Crippen LogP contribution < -0.4 is 0 Å². The molecule has 0 bridgehead atoms. The molecule has 0 spiro atoms. The average molecular weight is 234 g/mol. The molecule has 0 atom stereocenters. The Morgan fingerprint density at radius 1 is 0.889 bits per heavy atom. The lowest BCUT2D eigenvalue weighted by molar-refractivity contribution is 1.46. The Morgan fingerprint density at radius 3 is 2.33 bits per heavy atom. The first-order chi connectivity index (χ1) is 8.74. The van der Waals surface area contributed by atoms with Crippen LogP contribution in [-0.4, -0.2) is 0 Å². The molecule has 18 heavy (non-hydrogen) atoms. The van der Waals surface area contributed by atoms with Crippen LogP contribution >= 0.6 is 0 Å². The molecule has 0 saturated heterocycles. The predicted molar refractivity (Wildman–Crippen MR) is 80.3 cm³/mol. The normalized spacial score (nSPS) is 12.0. The van der Waals surface area contributed by atoms with Gasteiger partial charge in [-0.25, -0.2) is 0 Å². The van der Waals surface area contributed by atoms with Gasteiger partial charge in [-0.15, -0.1) is 0 Å². The summed E-state index contributed by atoms with van der Waals surface area (Å²) < 4.78 is 0. The second-order valence-electron chi connectivity index (χ2n) is 4.55. The van der Waals surface area contributed by atoms with Gasteiger partial charge < -0.3 is 0 Å². The van der Waals surface area contributed by atoms with E-state index in [0.29, 0.717) is 0 Å². The molecule has 0 nitrogen and oxygen atoms in total. The molecular formula is C18H18. The molecule has 90 valence electrons. The van der Waals surface area contributed by atoms with Gasteiger partial charge in [0.15, 0.2) is 0 Å². The third-order valence-corrected chi connectivity index (χ3v) is 2.77. The van der Waals surface area contributed by atoms with Gasteiger partial charge in [-0.3, -0.25) is 0 Å². The standard InChI is InChI=1S/C18H18/c1-15-7-6-10-18(13-15)12-11-16(2)14-17-8-4-3-5-9-17/h3-14H,1-2H3. The number of benzene rings is 2. The van der Waals surface area contributed by atoms with Crippen molar-refractivity contribution in [3.05, 3.63) is 82.9 Å². The predicted octanol–water partition coefficient (Wildman–Crippen LogP) is 5.11. The average Bonchev–Trinajstić information content (AvgIpc) is 2.38. The highest BCUT2D eigenvalue weighted by atomic mass is 13.9. The zero-order chi connectivity index (χ0) is 12.8. The van der Waals surface area contributed by atoms with Crippen LogP contribution in [0.5, 0.6) is 0 Å². The molecule has 0 unspecified atom stereocenters. The Balaban J connectivity index is 2.12. The van der Waals surface area contributed by atoms with Gasteiger partial charge in [0.1, 0.15) is 0 Å². The summed E-state index contributed by atoms with van der Waals surface area (Å²) in [6, 6.07) is 18.9. The van der Waals surface area contributed by atoms with Crippen LogP contribution in [0, 0.1) is 6.92 Å². The van der Waals surface area contributed by atoms with Crippen molar-refractivity contribution >= 4 is 12.2 Å². The van der Waals surface area contributed by atoms with Crippen LogP contribution in [-0.2, 0) is 0 Å². The summed E-state index contributed by atoms with van der Waals surface area (Å²) in [7, 11) is 0. The molecule has 0 aliphatic carbocycles. The fourth-order valence-corrected chi connectivity index (χ4v) is 1.86. The molecule has 0 N–H and O–H groups in total. The minimum atomic E-state index is 1.24. The molecule has 2 rings (SSSR count). The first-order valence-electron chi connectivity index (χ1n) is 6.22. The highest BCUT2D eigenvalue weighted by Crippen LogP contribution is 2.10. The minimum Gasteiger partial charge on any atom is -0.0622 e. The van der Waals surface area contributed by atoms with Crippen molar-refractivity contribution < 1.29 is 0 Å². The fraction of sp³-hybridized carbons (Fsp3) is 0.111. The molecule has 0 radical (unpaired) electrons. The molecule has 0 aromatic heterocycles. The lowest BCUT2D eigenvalue weighted by atomic mass is 10.1. The van der Waals surface area contributed by atoms with E-state index in [1.54, 1.807) is 0 Å². The van der Waals surface area contributed by atoms with Gasteiger partial charge in [0.2, 0.25) is 0 Å². The van der Waals surface area contributed by atoms with Crippen LogP contribution in [0.3, 0.4) is 0 Å². The van der Waals surface area contributed by atoms with Gasteiger partial charge in [-0.05, 0) is 25.0 Å². The summed E-state index contributed by atoms with van der Waals surface area (Å²) in [5.74, 6) is 0. The maximum absolute atomic E-state index is 2.19. The molecule has 2 aromatic carbocycles. The number of aryl methyl sites for hydroxylation is 1. The lowest BCUT2D eigenvalue weighted by Gasteiger charge is -1.97. The quantitative estimate of drug-likeness (QED) is 0.647. The molecule has 0 heteroatoms. The third kappa shape index (κ3) is 3.74. The van der Waals surface area contributed by atoms with E-state index in [2.05, 4.69) is 80.6 Å². The molecule has 0 saturated carbocycles. The zero-order valence-electron chi connectivity index (χ0n) is 10.9. The molecule has 0 amide bonds. The topological polar surface area (TPSA) is 0 Å². The van der Waals surface area contributed by atoms with E-state index in [1.807, 2.05) is 6.07 Å². The fourth-order valence-electron chi connectivity index (χ4n) is 1.86. The first kappa shape index (κ1) is 12.4. The van der Waals surface area contributed by atoms with Gasteiger partial charge >= 0.3 is 0 Å². The Hall–Kier alpha value is -2.08. The summed E-state index contributed by atoms with van der Waals surface area (Å²) in [5, 5.41) is 0. The van der Waals surface area contributed by atoms with Crippen molar-refractivity contribution in [1.82, 2.24) is 0 Å². The van der Waals surface area contributed by atoms with Gasteiger partial charge in [-0.2, -0.15) is 0 Å². The van der Waals surface area contributed by atoms with Gasteiger partial charge in [-0.1, -0.05) is 84.0 Å². The smallest absolute Gasteiger partial charge is 0.0254 e. The van der Waals surface area contributed by atoms with E-state index in [1.165, 1.54) is 22.3 Å². The molecule has 0 aliphatic rings. The van der Waals surface area contributed by atoms with Crippen LogP contribution in [0.2, 0.25) is 0 Å². The Morgan fingerprint density at radius 2 is 1.61 bits per heavy atom. The number of allylic oxidation sites excluding steroid dienone is 2. The molecule has 0 heterocycles. The van der Waals surface area contributed by atoms with E-state index in [-0.39, 0.29) is 0 Å². The highest BCUT2D eigenvalue weighted by Gasteiger charge is 1.89.